The van der Waals surface area contributed by atoms with E-state index in [4.69, 9.17) is 23.2 Å². The van der Waals surface area contributed by atoms with Crippen LogP contribution in [0.5, 0.6) is 0 Å². The molecule has 0 saturated heterocycles. The summed E-state index contributed by atoms with van der Waals surface area (Å²) in [5.74, 6) is 0. The normalized spacial score (nSPS) is 18.2. The van der Waals surface area contributed by atoms with Crippen molar-refractivity contribution in [1.29, 1.82) is 0 Å². The van der Waals surface area contributed by atoms with Crippen LogP contribution in [0, 0.1) is 0 Å². The maximum atomic E-state index is 13.2. The summed E-state index contributed by atoms with van der Waals surface area (Å²) in [7, 11) is -3.62. The predicted octanol–water partition coefficient (Wildman–Crippen LogP) is 4.65. The minimum atomic E-state index is -3.62. The molecule has 0 aliphatic carbocycles. The molecule has 0 fully saturated rings. The van der Waals surface area contributed by atoms with E-state index >= 15 is 0 Å². The molecule has 25 heavy (non-hydrogen) atoms. The molecule has 8 heteroatoms. The molecule has 0 N–H and O–H groups in total. The first-order valence-electron chi connectivity index (χ1n) is 7.64. The van der Waals surface area contributed by atoms with Crippen molar-refractivity contribution in [3.63, 3.8) is 0 Å². The van der Waals surface area contributed by atoms with Gasteiger partial charge in [0.05, 0.1) is 6.04 Å². The van der Waals surface area contributed by atoms with Crippen LogP contribution in [0.3, 0.4) is 0 Å². The van der Waals surface area contributed by atoms with E-state index in [-0.39, 0.29) is 0 Å². The number of halogens is 2. The number of benzene rings is 1. The van der Waals surface area contributed by atoms with Gasteiger partial charge in [-0.25, -0.2) is 8.42 Å². The van der Waals surface area contributed by atoms with Crippen molar-refractivity contribution < 1.29 is 8.42 Å². The zero-order chi connectivity index (χ0) is 17.6. The fourth-order valence-corrected chi connectivity index (χ4v) is 6.39. The summed E-state index contributed by atoms with van der Waals surface area (Å²) in [5.41, 5.74) is 1.63. The Bertz CT molecular complexity index is 1010. The molecule has 1 aliphatic rings. The quantitative estimate of drug-likeness (QED) is 0.627. The van der Waals surface area contributed by atoms with Crippen molar-refractivity contribution in [2.45, 2.75) is 16.8 Å². The molecule has 0 saturated carbocycles. The van der Waals surface area contributed by atoms with E-state index in [0.29, 0.717) is 27.3 Å². The lowest BCUT2D eigenvalue weighted by Crippen LogP contribution is -2.42. The van der Waals surface area contributed by atoms with Crippen LogP contribution in [0.2, 0.25) is 10.0 Å². The van der Waals surface area contributed by atoms with Crippen LogP contribution in [0.1, 0.15) is 17.3 Å². The highest BCUT2D eigenvalue weighted by Crippen LogP contribution is 2.40. The highest BCUT2D eigenvalue weighted by Gasteiger charge is 2.38. The minimum absolute atomic E-state index is 0.336. The summed E-state index contributed by atoms with van der Waals surface area (Å²) in [6.45, 7) is 0.986. The molecule has 0 radical (unpaired) electrons. The van der Waals surface area contributed by atoms with Crippen molar-refractivity contribution in [3.8, 4) is 0 Å². The van der Waals surface area contributed by atoms with Crippen LogP contribution in [0.4, 0.5) is 0 Å². The van der Waals surface area contributed by atoms with Crippen LogP contribution >= 0.6 is 34.5 Å². The van der Waals surface area contributed by atoms with E-state index in [1.165, 1.54) is 15.6 Å². The van der Waals surface area contributed by atoms with Crippen LogP contribution in [0.15, 0.2) is 58.3 Å². The Balaban J connectivity index is 1.89. The fourth-order valence-electron chi connectivity index (χ4n) is 3.18. The summed E-state index contributed by atoms with van der Waals surface area (Å²) in [6.07, 6.45) is 1.96. The first kappa shape index (κ1) is 17.1. The minimum Gasteiger partial charge on any atom is -0.348 e. The van der Waals surface area contributed by atoms with E-state index < -0.39 is 16.1 Å². The van der Waals surface area contributed by atoms with E-state index in [9.17, 15) is 8.42 Å². The maximum Gasteiger partial charge on any atom is 0.253 e. The van der Waals surface area contributed by atoms with E-state index in [0.717, 1.165) is 11.3 Å². The predicted molar refractivity (Wildman–Crippen MR) is 101 cm³/mol. The van der Waals surface area contributed by atoms with Crippen molar-refractivity contribution in [1.82, 2.24) is 8.87 Å². The lowest BCUT2D eigenvalue weighted by atomic mass is 10.0. The summed E-state index contributed by atoms with van der Waals surface area (Å²) in [6, 6.07) is 11.9. The molecule has 3 heterocycles. The van der Waals surface area contributed by atoms with Gasteiger partial charge in [0.25, 0.3) is 10.0 Å². The Morgan fingerprint density at radius 3 is 2.64 bits per heavy atom. The summed E-state index contributed by atoms with van der Waals surface area (Å²) >= 11 is 13.7. The maximum absolute atomic E-state index is 13.2. The third kappa shape index (κ3) is 2.92. The highest BCUT2D eigenvalue weighted by atomic mass is 35.5. The van der Waals surface area contributed by atoms with Crippen molar-refractivity contribution in [2.75, 3.05) is 6.54 Å². The van der Waals surface area contributed by atoms with Gasteiger partial charge in [-0.05, 0) is 41.3 Å². The molecule has 1 aliphatic heterocycles. The van der Waals surface area contributed by atoms with Gasteiger partial charge in [0.1, 0.15) is 4.21 Å². The average molecular weight is 413 g/mol. The van der Waals surface area contributed by atoms with Gasteiger partial charge in [-0.1, -0.05) is 35.3 Å². The molecular weight excluding hydrogens is 399 g/mol. The number of hydrogen-bond donors (Lipinski definition) is 0. The Labute approximate surface area is 160 Å². The standard InChI is InChI=1S/C17H14Cl2N2O2S2/c18-12-5-6-13(14(19)11-12)17-15-3-1-7-20(15)8-9-21(17)25(22,23)16-4-2-10-24-16/h1-7,10-11,17H,8-9H2/t17-/m0/s1. The van der Waals surface area contributed by atoms with Crippen LogP contribution in [-0.4, -0.2) is 23.8 Å². The second-order valence-electron chi connectivity index (χ2n) is 5.74. The molecule has 1 atom stereocenters. The Morgan fingerprint density at radius 2 is 1.92 bits per heavy atom. The number of sulfonamides is 1. The van der Waals surface area contributed by atoms with Gasteiger partial charge in [-0.2, -0.15) is 4.31 Å². The van der Waals surface area contributed by atoms with Crippen LogP contribution in [0.25, 0.3) is 0 Å². The van der Waals surface area contributed by atoms with Crippen molar-refractivity contribution in [3.05, 3.63) is 75.3 Å². The summed E-state index contributed by atoms with van der Waals surface area (Å²) < 4.78 is 30.3. The van der Waals surface area contributed by atoms with Gasteiger partial charge in [-0.3, -0.25) is 0 Å². The average Bonchev–Trinajstić information content (AvgIpc) is 3.26. The largest absolute Gasteiger partial charge is 0.348 e. The summed E-state index contributed by atoms with van der Waals surface area (Å²) in [5, 5.41) is 2.75. The van der Waals surface area contributed by atoms with Crippen LogP contribution in [-0.2, 0) is 16.6 Å². The molecular formula is C17H14Cl2N2O2S2. The van der Waals surface area contributed by atoms with Gasteiger partial charge in [-0.15, -0.1) is 11.3 Å². The zero-order valence-corrected chi connectivity index (χ0v) is 16.1. The SMILES string of the molecule is O=S(=O)(c1cccs1)N1CCn2cccc2[C@@H]1c1ccc(Cl)cc1Cl. The van der Waals surface area contributed by atoms with Gasteiger partial charge < -0.3 is 4.57 Å². The number of thiophene rings is 1. The topological polar surface area (TPSA) is 42.3 Å². The third-order valence-electron chi connectivity index (χ3n) is 4.31. The van der Waals surface area contributed by atoms with E-state index in [1.54, 1.807) is 35.7 Å². The van der Waals surface area contributed by atoms with Gasteiger partial charge in [0, 0.05) is 35.0 Å². The number of nitrogens with zero attached hydrogens (tertiary/aromatic N) is 2. The summed E-state index contributed by atoms with van der Waals surface area (Å²) in [4.78, 5) is 0. The smallest absolute Gasteiger partial charge is 0.253 e. The van der Waals surface area contributed by atoms with E-state index in [1.807, 2.05) is 18.3 Å². The monoisotopic (exact) mass is 412 g/mol. The molecule has 0 spiro atoms. The van der Waals surface area contributed by atoms with Gasteiger partial charge in [0.15, 0.2) is 0 Å². The highest BCUT2D eigenvalue weighted by molar-refractivity contribution is 7.91. The number of aromatic nitrogens is 1. The Kier molecular flexibility index (Phi) is 4.42. The molecule has 0 unspecified atom stereocenters. The molecule has 130 valence electrons. The fraction of sp³-hybridized carbons (Fsp3) is 0.176. The second-order valence-corrected chi connectivity index (χ2v) is 9.65. The first-order chi connectivity index (χ1) is 12.0. The Hall–Kier alpha value is -1.31. The lowest BCUT2D eigenvalue weighted by Gasteiger charge is -2.36. The molecule has 3 aromatic rings. The van der Waals surface area contributed by atoms with Crippen molar-refractivity contribution in [2.24, 2.45) is 0 Å². The van der Waals surface area contributed by atoms with Gasteiger partial charge >= 0.3 is 0 Å². The second kappa shape index (κ2) is 6.45. The molecule has 4 rings (SSSR count). The number of rotatable bonds is 3. The Morgan fingerprint density at radius 1 is 1.08 bits per heavy atom. The van der Waals surface area contributed by atoms with Crippen molar-refractivity contribution >= 4 is 44.6 Å². The molecule has 4 nitrogen and oxygen atoms in total. The molecule has 0 bridgehead atoms. The first-order valence-corrected chi connectivity index (χ1v) is 10.7. The molecule has 2 aromatic heterocycles. The number of fused-ring (bicyclic) bond motifs is 1. The third-order valence-corrected chi connectivity index (χ3v) is 8.11. The van der Waals surface area contributed by atoms with Gasteiger partial charge in [0.2, 0.25) is 0 Å². The van der Waals surface area contributed by atoms with Crippen LogP contribution < -0.4 is 0 Å². The number of hydrogen-bond acceptors (Lipinski definition) is 3. The van der Waals surface area contributed by atoms with E-state index in [2.05, 4.69) is 4.57 Å². The lowest BCUT2D eigenvalue weighted by molar-refractivity contribution is 0.299. The molecule has 0 amide bonds. The zero-order valence-electron chi connectivity index (χ0n) is 13.0. The molecule has 1 aromatic carbocycles.